The number of aryl methyl sites for hydroxylation is 2. The Bertz CT molecular complexity index is 882. The van der Waals surface area contributed by atoms with Crippen molar-refractivity contribution in [3.8, 4) is 5.75 Å². The Morgan fingerprint density at radius 3 is 2.59 bits per heavy atom. The minimum absolute atomic E-state index is 0.0653. The second kappa shape index (κ2) is 10.6. The molecule has 0 fully saturated rings. The number of nitrogens with one attached hydrogen (secondary N) is 1. The van der Waals surface area contributed by atoms with Gasteiger partial charge in [-0.3, -0.25) is 9.48 Å². The van der Waals surface area contributed by atoms with E-state index >= 15 is 0 Å². The predicted octanol–water partition coefficient (Wildman–Crippen LogP) is 2.90. The lowest BCUT2D eigenvalue weighted by Gasteiger charge is -2.07. The maximum absolute atomic E-state index is 12.1. The van der Waals surface area contributed by atoms with Crippen molar-refractivity contribution in [3.05, 3.63) is 52.3 Å². The highest BCUT2D eigenvalue weighted by Crippen LogP contribution is 2.20. The Morgan fingerprint density at radius 1 is 1.31 bits per heavy atom. The number of hydrogen-bond acceptors (Lipinski definition) is 5. The highest BCUT2D eigenvalue weighted by molar-refractivity contribution is 6.31. The largest absolute Gasteiger partial charge is 0.452 e. The third-order valence-electron chi connectivity index (χ3n) is 3.81. The summed E-state index contributed by atoms with van der Waals surface area (Å²) >= 11 is 6.06. The van der Waals surface area contributed by atoms with Crippen LogP contribution in [0.25, 0.3) is 6.08 Å². The number of esters is 1. The van der Waals surface area contributed by atoms with Crippen LogP contribution in [0.2, 0.25) is 5.15 Å². The van der Waals surface area contributed by atoms with Crippen molar-refractivity contribution >= 4 is 29.6 Å². The Labute approximate surface area is 171 Å². The Morgan fingerprint density at radius 2 is 2.00 bits per heavy atom. The van der Waals surface area contributed by atoms with Gasteiger partial charge in [0.1, 0.15) is 10.9 Å². The van der Waals surface area contributed by atoms with Gasteiger partial charge in [-0.25, -0.2) is 4.79 Å². The Hall–Kier alpha value is -2.94. The maximum Gasteiger partial charge on any atom is 0.387 e. The minimum Gasteiger partial charge on any atom is -0.452 e. The van der Waals surface area contributed by atoms with E-state index < -0.39 is 25.1 Å². The molecule has 0 spiro atoms. The van der Waals surface area contributed by atoms with Crippen LogP contribution in [0.3, 0.4) is 0 Å². The van der Waals surface area contributed by atoms with Crippen LogP contribution < -0.4 is 10.1 Å². The molecule has 1 N–H and O–H groups in total. The number of alkyl halides is 2. The minimum atomic E-state index is -2.87. The van der Waals surface area contributed by atoms with Crippen LogP contribution in [0.1, 0.15) is 16.8 Å². The molecular formula is C19H20ClF2N3O4. The molecule has 0 saturated carbocycles. The van der Waals surface area contributed by atoms with Crippen molar-refractivity contribution in [2.75, 3.05) is 13.2 Å². The quantitative estimate of drug-likeness (QED) is 0.491. The standard InChI is InChI=1S/C19H20ClF2N3O4/c1-12-15(18(20)25(2)24-12)7-8-17(27)28-11-16(26)23-10-9-13-3-5-14(6-4-13)29-19(21)22/h3-8,19H,9-11H2,1-2H3,(H,23,26)/b8-7+. The van der Waals surface area contributed by atoms with Crippen LogP contribution in [-0.4, -0.2) is 41.4 Å². The Balaban J connectivity index is 1.70. The smallest absolute Gasteiger partial charge is 0.387 e. The van der Waals surface area contributed by atoms with Crippen LogP contribution >= 0.6 is 11.6 Å². The van der Waals surface area contributed by atoms with E-state index in [1.54, 1.807) is 26.1 Å². The molecule has 0 aliphatic heterocycles. The van der Waals surface area contributed by atoms with Gasteiger partial charge in [-0.2, -0.15) is 13.9 Å². The zero-order valence-corrected chi connectivity index (χ0v) is 16.6. The van der Waals surface area contributed by atoms with E-state index in [0.717, 1.165) is 5.56 Å². The summed E-state index contributed by atoms with van der Waals surface area (Å²) < 4.78 is 34.8. The molecule has 29 heavy (non-hydrogen) atoms. The zero-order chi connectivity index (χ0) is 21.4. The molecule has 0 bridgehead atoms. The number of nitrogens with zero attached hydrogens (tertiary/aromatic N) is 2. The van der Waals surface area contributed by atoms with E-state index in [1.165, 1.54) is 29.0 Å². The van der Waals surface area contributed by atoms with Crippen molar-refractivity contribution in [1.29, 1.82) is 0 Å². The number of rotatable bonds is 9. The molecule has 1 aromatic carbocycles. The highest BCUT2D eigenvalue weighted by Gasteiger charge is 2.10. The number of ether oxygens (including phenoxy) is 2. The fourth-order valence-electron chi connectivity index (χ4n) is 2.41. The van der Waals surface area contributed by atoms with Gasteiger partial charge in [0.25, 0.3) is 5.91 Å². The van der Waals surface area contributed by atoms with Crippen molar-refractivity contribution < 1.29 is 27.8 Å². The molecule has 0 saturated heterocycles. The molecule has 156 valence electrons. The molecule has 0 unspecified atom stereocenters. The number of amides is 1. The van der Waals surface area contributed by atoms with Gasteiger partial charge in [0.2, 0.25) is 0 Å². The molecule has 1 heterocycles. The summed E-state index contributed by atoms with van der Waals surface area (Å²) in [5, 5.41) is 7.11. The van der Waals surface area contributed by atoms with E-state index in [2.05, 4.69) is 15.2 Å². The summed E-state index contributed by atoms with van der Waals surface area (Å²) in [7, 11) is 1.68. The summed E-state index contributed by atoms with van der Waals surface area (Å²) in [5.41, 5.74) is 2.09. The van der Waals surface area contributed by atoms with Gasteiger partial charge < -0.3 is 14.8 Å². The normalized spacial score (nSPS) is 11.1. The maximum atomic E-state index is 12.1. The second-order valence-corrected chi connectivity index (χ2v) is 6.33. The van der Waals surface area contributed by atoms with Crippen LogP contribution in [0.4, 0.5) is 8.78 Å². The van der Waals surface area contributed by atoms with E-state index in [9.17, 15) is 18.4 Å². The van der Waals surface area contributed by atoms with Crippen LogP contribution in [0.15, 0.2) is 30.3 Å². The fraction of sp³-hybridized carbons (Fsp3) is 0.316. The summed E-state index contributed by atoms with van der Waals surface area (Å²) in [5.74, 6) is -1.08. The molecule has 2 rings (SSSR count). The van der Waals surface area contributed by atoms with Gasteiger partial charge in [0.15, 0.2) is 6.61 Å². The average Bonchev–Trinajstić information content (AvgIpc) is 2.91. The van der Waals surface area contributed by atoms with Crippen LogP contribution in [0.5, 0.6) is 5.75 Å². The van der Waals surface area contributed by atoms with Crippen molar-refractivity contribution in [2.45, 2.75) is 20.0 Å². The SMILES string of the molecule is Cc1nn(C)c(Cl)c1/C=C/C(=O)OCC(=O)NCCc1ccc(OC(F)F)cc1. The second-order valence-electron chi connectivity index (χ2n) is 5.98. The number of carbonyl (C=O) groups excluding carboxylic acids is 2. The van der Waals surface area contributed by atoms with E-state index in [4.69, 9.17) is 16.3 Å². The highest BCUT2D eigenvalue weighted by atomic mass is 35.5. The molecule has 0 radical (unpaired) electrons. The molecule has 0 aliphatic rings. The Kier molecular flexibility index (Phi) is 8.14. The monoisotopic (exact) mass is 427 g/mol. The molecule has 1 aromatic heterocycles. The summed E-state index contributed by atoms with van der Waals surface area (Å²) in [6.07, 6.45) is 3.13. The van der Waals surface area contributed by atoms with Gasteiger partial charge in [0, 0.05) is 25.2 Å². The average molecular weight is 428 g/mol. The summed E-state index contributed by atoms with van der Waals surface area (Å²) in [4.78, 5) is 23.5. The van der Waals surface area contributed by atoms with Gasteiger partial charge in [0.05, 0.1) is 5.69 Å². The van der Waals surface area contributed by atoms with Crippen molar-refractivity contribution in [1.82, 2.24) is 15.1 Å². The summed E-state index contributed by atoms with van der Waals surface area (Å²) in [6.45, 7) is -1.25. The molecular weight excluding hydrogens is 408 g/mol. The fourth-order valence-corrected chi connectivity index (χ4v) is 2.64. The van der Waals surface area contributed by atoms with Crippen molar-refractivity contribution in [2.24, 2.45) is 7.05 Å². The lowest BCUT2D eigenvalue weighted by Crippen LogP contribution is -2.30. The lowest BCUT2D eigenvalue weighted by molar-refractivity contribution is -0.143. The van der Waals surface area contributed by atoms with Crippen molar-refractivity contribution in [3.63, 3.8) is 0 Å². The first kappa shape index (κ1) is 22.4. The molecule has 7 nitrogen and oxygen atoms in total. The van der Waals surface area contributed by atoms with Gasteiger partial charge in [-0.15, -0.1) is 0 Å². The molecule has 0 aliphatic carbocycles. The van der Waals surface area contributed by atoms with Gasteiger partial charge in [-0.05, 0) is 37.1 Å². The first-order chi connectivity index (χ1) is 13.8. The van der Waals surface area contributed by atoms with Crippen LogP contribution in [0, 0.1) is 6.92 Å². The lowest BCUT2D eigenvalue weighted by atomic mass is 10.1. The molecule has 2 aromatic rings. The first-order valence-electron chi connectivity index (χ1n) is 8.60. The number of carbonyl (C=O) groups is 2. The van der Waals surface area contributed by atoms with E-state index in [1.807, 2.05) is 0 Å². The van der Waals surface area contributed by atoms with Crippen LogP contribution in [-0.2, 0) is 27.8 Å². The molecule has 1 amide bonds. The van der Waals surface area contributed by atoms with E-state index in [-0.39, 0.29) is 5.75 Å². The third kappa shape index (κ3) is 7.19. The predicted molar refractivity (Wildman–Crippen MR) is 103 cm³/mol. The first-order valence-corrected chi connectivity index (χ1v) is 8.98. The molecule has 0 atom stereocenters. The topological polar surface area (TPSA) is 82.5 Å². The van der Waals surface area contributed by atoms with E-state index in [0.29, 0.717) is 29.4 Å². The number of hydrogen-bond donors (Lipinski definition) is 1. The summed E-state index contributed by atoms with van der Waals surface area (Å²) in [6, 6.07) is 6.10. The van der Waals surface area contributed by atoms with Gasteiger partial charge in [-0.1, -0.05) is 23.7 Å². The molecule has 10 heteroatoms. The number of aromatic nitrogens is 2. The number of benzene rings is 1. The van der Waals surface area contributed by atoms with Gasteiger partial charge >= 0.3 is 12.6 Å². The zero-order valence-electron chi connectivity index (χ0n) is 15.8. The number of halogens is 3. The third-order valence-corrected chi connectivity index (χ3v) is 4.26.